The molecule has 8 heteroatoms. The van der Waals surface area contributed by atoms with Crippen LogP contribution in [-0.4, -0.2) is 29.7 Å². The number of nitrogen functional groups attached to an aromatic ring is 1. The smallest absolute Gasteiger partial charge is 0.280 e. The molecule has 0 saturated carbocycles. The predicted molar refractivity (Wildman–Crippen MR) is 61.9 cm³/mol. The van der Waals surface area contributed by atoms with Gasteiger partial charge in [0.2, 0.25) is 5.82 Å². The van der Waals surface area contributed by atoms with E-state index in [9.17, 15) is 0 Å². The van der Waals surface area contributed by atoms with Crippen molar-refractivity contribution in [3.63, 3.8) is 0 Å². The lowest BCUT2D eigenvalue weighted by Crippen LogP contribution is -1.96. The van der Waals surface area contributed by atoms with Gasteiger partial charge in [0.25, 0.3) is 5.89 Å². The van der Waals surface area contributed by atoms with Gasteiger partial charge in [0.15, 0.2) is 11.5 Å². The zero-order valence-electron chi connectivity index (χ0n) is 9.48. The van der Waals surface area contributed by atoms with Gasteiger partial charge in [0, 0.05) is 19.4 Å². The number of nitrogens with two attached hydrogens (primary N) is 1. The molecule has 0 spiro atoms. The highest BCUT2D eigenvalue weighted by atomic mass is 16.5. The van der Waals surface area contributed by atoms with Crippen molar-refractivity contribution in [2.75, 3.05) is 5.73 Å². The molecule has 3 aromatic heterocycles. The molecule has 0 bridgehead atoms. The molecule has 0 amide bonds. The number of rotatable bonds is 2. The molecule has 3 rings (SSSR count). The first kappa shape index (κ1) is 10.4. The zero-order chi connectivity index (χ0) is 12.5. The first-order valence-electron chi connectivity index (χ1n) is 5.13. The Kier molecular flexibility index (Phi) is 2.26. The molecule has 0 saturated heterocycles. The fraction of sp³-hybridized carbons (Fsp3) is 0.100. The quantitative estimate of drug-likeness (QED) is 0.698. The van der Waals surface area contributed by atoms with Gasteiger partial charge in [-0.1, -0.05) is 5.16 Å². The van der Waals surface area contributed by atoms with E-state index in [4.69, 9.17) is 10.3 Å². The van der Waals surface area contributed by atoms with E-state index in [2.05, 4.69) is 25.1 Å². The maximum Gasteiger partial charge on any atom is 0.280 e. The first-order chi connectivity index (χ1) is 8.75. The van der Waals surface area contributed by atoms with E-state index in [0.717, 1.165) is 5.69 Å². The normalized spacial score (nSPS) is 10.7. The van der Waals surface area contributed by atoms with Crippen molar-refractivity contribution >= 4 is 5.82 Å². The van der Waals surface area contributed by atoms with Crippen molar-refractivity contribution in [1.82, 2.24) is 29.7 Å². The van der Waals surface area contributed by atoms with Gasteiger partial charge in [-0.05, 0) is 0 Å². The van der Waals surface area contributed by atoms with Crippen LogP contribution in [-0.2, 0) is 7.05 Å². The summed E-state index contributed by atoms with van der Waals surface area (Å²) in [7, 11) is 1.84. The second-order valence-corrected chi connectivity index (χ2v) is 3.60. The molecule has 0 unspecified atom stereocenters. The van der Waals surface area contributed by atoms with E-state index in [1.54, 1.807) is 17.1 Å². The largest absolute Gasteiger partial charge is 0.382 e. The van der Waals surface area contributed by atoms with Crippen LogP contribution >= 0.6 is 0 Å². The van der Waals surface area contributed by atoms with E-state index in [1.165, 1.54) is 12.4 Å². The number of hydrogen-bond donors (Lipinski definition) is 1. The summed E-state index contributed by atoms with van der Waals surface area (Å²) in [6, 6.07) is 0. The second-order valence-electron chi connectivity index (χ2n) is 3.60. The molecule has 3 heterocycles. The average Bonchev–Trinajstić information content (AvgIpc) is 2.98. The summed E-state index contributed by atoms with van der Waals surface area (Å²) >= 11 is 0. The first-order valence-corrected chi connectivity index (χ1v) is 5.13. The summed E-state index contributed by atoms with van der Waals surface area (Å²) in [4.78, 5) is 16.2. The van der Waals surface area contributed by atoms with Crippen molar-refractivity contribution in [3.8, 4) is 23.1 Å². The Morgan fingerprint density at radius 2 is 2.11 bits per heavy atom. The minimum Gasteiger partial charge on any atom is -0.382 e. The van der Waals surface area contributed by atoms with E-state index in [1.807, 2.05) is 7.05 Å². The molecule has 0 radical (unpaired) electrons. The van der Waals surface area contributed by atoms with E-state index >= 15 is 0 Å². The van der Waals surface area contributed by atoms with Gasteiger partial charge in [0.1, 0.15) is 5.69 Å². The summed E-state index contributed by atoms with van der Waals surface area (Å²) in [6.45, 7) is 0. The summed E-state index contributed by atoms with van der Waals surface area (Å²) in [5.74, 6) is 0.907. The lowest BCUT2D eigenvalue weighted by atomic mass is 10.4. The van der Waals surface area contributed by atoms with Crippen LogP contribution in [0.4, 0.5) is 5.82 Å². The maximum absolute atomic E-state index is 5.69. The molecule has 18 heavy (non-hydrogen) atoms. The zero-order valence-corrected chi connectivity index (χ0v) is 9.48. The summed E-state index contributed by atoms with van der Waals surface area (Å²) in [6.07, 6.45) is 6.31. The van der Waals surface area contributed by atoms with E-state index in [0.29, 0.717) is 11.5 Å². The Bertz CT molecular complexity index is 687. The van der Waals surface area contributed by atoms with Gasteiger partial charge in [0.05, 0.1) is 12.5 Å². The number of nitrogens with zero attached hydrogens (tertiary/aromatic N) is 6. The molecule has 0 aliphatic carbocycles. The third kappa shape index (κ3) is 1.59. The molecule has 0 aromatic carbocycles. The Labute approximate surface area is 102 Å². The second kappa shape index (κ2) is 3.91. The Morgan fingerprint density at radius 1 is 1.28 bits per heavy atom. The van der Waals surface area contributed by atoms with Gasteiger partial charge in [-0.15, -0.1) is 0 Å². The van der Waals surface area contributed by atoms with E-state index < -0.39 is 0 Å². The Hall–Kier alpha value is -2.77. The fourth-order valence-corrected chi connectivity index (χ4v) is 1.51. The molecule has 0 atom stereocenters. The van der Waals surface area contributed by atoms with Gasteiger partial charge < -0.3 is 14.8 Å². The Balaban J connectivity index is 2.05. The standard InChI is InChI=1S/C10H9N7O/c1-17-5-12-4-6(17)9-15-10(18-16-9)7-8(11)14-3-2-13-7/h2-5H,1H3,(H2,11,14). The summed E-state index contributed by atoms with van der Waals surface area (Å²) < 4.78 is 6.91. The molecule has 8 nitrogen and oxygen atoms in total. The summed E-state index contributed by atoms with van der Waals surface area (Å²) in [5, 5.41) is 3.87. The number of anilines is 1. The molecule has 90 valence electrons. The van der Waals surface area contributed by atoms with Crippen LogP contribution in [0.15, 0.2) is 29.4 Å². The highest BCUT2D eigenvalue weighted by molar-refractivity contribution is 5.63. The highest BCUT2D eigenvalue weighted by Crippen LogP contribution is 2.22. The van der Waals surface area contributed by atoms with Crippen LogP contribution in [0.2, 0.25) is 0 Å². The van der Waals surface area contributed by atoms with Crippen molar-refractivity contribution in [2.45, 2.75) is 0 Å². The molecule has 2 N–H and O–H groups in total. The lowest BCUT2D eigenvalue weighted by molar-refractivity contribution is 0.430. The topological polar surface area (TPSA) is 109 Å². The molecule has 0 fully saturated rings. The van der Waals surface area contributed by atoms with Crippen LogP contribution in [0.1, 0.15) is 0 Å². The minimum absolute atomic E-state index is 0.233. The van der Waals surface area contributed by atoms with Crippen LogP contribution in [0.3, 0.4) is 0 Å². The lowest BCUT2D eigenvalue weighted by Gasteiger charge is -1.96. The average molecular weight is 243 g/mol. The highest BCUT2D eigenvalue weighted by Gasteiger charge is 2.16. The number of aryl methyl sites for hydroxylation is 1. The molecule has 3 aromatic rings. The van der Waals surface area contributed by atoms with Crippen molar-refractivity contribution in [2.24, 2.45) is 7.05 Å². The number of hydrogen-bond acceptors (Lipinski definition) is 7. The van der Waals surface area contributed by atoms with Crippen LogP contribution < -0.4 is 5.73 Å². The number of imidazole rings is 1. The van der Waals surface area contributed by atoms with Gasteiger partial charge in [-0.25, -0.2) is 15.0 Å². The van der Waals surface area contributed by atoms with Crippen LogP contribution in [0, 0.1) is 0 Å². The molecule has 0 aliphatic rings. The van der Waals surface area contributed by atoms with Crippen LogP contribution in [0.5, 0.6) is 0 Å². The molecule has 0 aliphatic heterocycles. The van der Waals surface area contributed by atoms with Crippen molar-refractivity contribution < 1.29 is 4.52 Å². The van der Waals surface area contributed by atoms with Crippen molar-refractivity contribution in [1.29, 1.82) is 0 Å². The Morgan fingerprint density at radius 3 is 2.83 bits per heavy atom. The minimum atomic E-state index is 0.233. The van der Waals surface area contributed by atoms with Crippen molar-refractivity contribution in [3.05, 3.63) is 24.9 Å². The maximum atomic E-state index is 5.69. The summed E-state index contributed by atoms with van der Waals surface area (Å²) in [5.41, 5.74) is 6.81. The SMILES string of the molecule is Cn1cncc1-c1noc(-c2nccnc2N)n1. The third-order valence-electron chi connectivity index (χ3n) is 2.40. The number of aromatic nitrogens is 6. The van der Waals surface area contributed by atoms with Gasteiger partial charge in [-0.2, -0.15) is 4.98 Å². The fourth-order valence-electron chi connectivity index (χ4n) is 1.51. The molecular formula is C10H9N7O. The predicted octanol–water partition coefficient (Wildman–Crippen LogP) is 0.509. The van der Waals surface area contributed by atoms with Gasteiger partial charge >= 0.3 is 0 Å². The monoisotopic (exact) mass is 243 g/mol. The van der Waals surface area contributed by atoms with Gasteiger partial charge in [-0.3, -0.25) is 0 Å². The van der Waals surface area contributed by atoms with E-state index in [-0.39, 0.29) is 11.7 Å². The third-order valence-corrected chi connectivity index (χ3v) is 2.40. The van der Waals surface area contributed by atoms with Crippen LogP contribution in [0.25, 0.3) is 23.1 Å². The molecular weight excluding hydrogens is 234 g/mol.